The molecule has 0 aliphatic rings. The quantitative estimate of drug-likeness (QED) is 0.342. The van der Waals surface area contributed by atoms with E-state index < -0.39 is 23.8 Å². The van der Waals surface area contributed by atoms with Gasteiger partial charge in [0.15, 0.2) is 0 Å². The van der Waals surface area contributed by atoms with Gasteiger partial charge in [0.25, 0.3) is 11.8 Å². The van der Waals surface area contributed by atoms with Crippen molar-refractivity contribution in [3.63, 3.8) is 0 Å². The molecule has 1 rings (SSSR count). The first kappa shape index (κ1) is 17.5. The number of hydrogen-bond acceptors (Lipinski definition) is 4. The average molecular weight is 326 g/mol. The number of carbonyl (C=O) groups is 3. The Morgan fingerprint density at radius 3 is 2.36 bits per heavy atom. The van der Waals surface area contributed by atoms with E-state index in [4.69, 9.17) is 22.4 Å². The fourth-order valence-electron chi connectivity index (χ4n) is 1.47. The minimum atomic E-state index is -1.22. The Hall–Kier alpha value is -2.54. The van der Waals surface area contributed by atoms with E-state index in [-0.39, 0.29) is 12.1 Å². The van der Waals surface area contributed by atoms with Crippen LogP contribution < -0.4 is 16.4 Å². The molecule has 0 fully saturated rings. The van der Waals surface area contributed by atoms with Crippen molar-refractivity contribution in [2.75, 3.05) is 0 Å². The van der Waals surface area contributed by atoms with Crippen LogP contribution in [0.5, 0.6) is 0 Å². The van der Waals surface area contributed by atoms with E-state index in [1.807, 2.05) is 0 Å². The van der Waals surface area contributed by atoms with Gasteiger partial charge in [0, 0.05) is 17.8 Å². The third-order valence-electron chi connectivity index (χ3n) is 2.74. The molecule has 0 aliphatic heterocycles. The number of benzene rings is 1. The van der Waals surface area contributed by atoms with E-state index in [0.717, 1.165) is 11.8 Å². The summed E-state index contributed by atoms with van der Waals surface area (Å²) in [7, 11) is 0. The van der Waals surface area contributed by atoms with Gasteiger partial charge in [-0.15, -0.1) is 0 Å². The number of carbonyl (C=O) groups excluding carboxylic acids is 2. The molecular formula is C14H16ClN3O4. The van der Waals surface area contributed by atoms with Gasteiger partial charge in [-0.1, -0.05) is 23.7 Å². The highest BCUT2D eigenvalue weighted by atomic mass is 35.5. The van der Waals surface area contributed by atoms with E-state index in [1.165, 1.54) is 6.92 Å². The second-order valence-electron chi connectivity index (χ2n) is 4.42. The molecule has 1 aromatic rings. The van der Waals surface area contributed by atoms with Gasteiger partial charge in [-0.2, -0.15) is 0 Å². The van der Waals surface area contributed by atoms with Gasteiger partial charge in [-0.05, 0) is 24.6 Å². The predicted octanol–water partition coefficient (Wildman–Crippen LogP) is 0.388. The van der Waals surface area contributed by atoms with E-state index in [9.17, 15) is 14.4 Å². The van der Waals surface area contributed by atoms with E-state index >= 15 is 0 Å². The summed E-state index contributed by atoms with van der Waals surface area (Å²) < 4.78 is 0. The largest absolute Gasteiger partial charge is 0.480 e. The van der Waals surface area contributed by atoms with Crippen molar-refractivity contribution >= 4 is 29.4 Å². The Balaban J connectivity index is 2.63. The smallest absolute Gasteiger partial charge is 0.325 e. The lowest BCUT2D eigenvalue weighted by atomic mass is 10.2. The molecular weight excluding hydrogens is 310 g/mol. The van der Waals surface area contributed by atoms with Crippen LogP contribution in [0.2, 0.25) is 5.02 Å². The molecule has 1 aromatic carbocycles. The first-order chi connectivity index (χ1) is 10.3. The molecule has 0 unspecified atom stereocenters. The molecule has 0 aliphatic carbocycles. The van der Waals surface area contributed by atoms with Crippen molar-refractivity contribution in [1.82, 2.24) is 10.6 Å². The van der Waals surface area contributed by atoms with Crippen LogP contribution in [0.3, 0.4) is 0 Å². The number of nitrogens with two attached hydrogens (primary N) is 1. The van der Waals surface area contributed by atoms with Crippen LogP contribution in [-0.2, 0) is 20.9 Å². The summed E-state index contributed by atoms with van der Waals surface area (Å²) >= 11 is 5.75. The molecule has 0 heterocycles. The van der Waals surface area contributed by atoms with Crippen molar-refractivity contribution < 1.29 is 19.5 Å². The van der Waals surface area contributed by atoms with Gasteiger partial charge >= 0.3 is 5.97 Å². The third kappa shape index (κ3) is 5.10. The lowest BCUT2D eigenvalue weighted by Gasteiger charge is -2.12. The number of aliphatic carboxylic acids is 1. The zero-order chi connectivity index (χ0) is 16.7. The van der Waals surface area contributed by atoms with Gasteiger partial charge < -0.3 is 21.5 Å². The number of nitrogens with one attached hydrogen (secondary N) is 2. The van der Waals surface area contributed by atoms with Gasteiger partial charge in [0.05, 0.1) is 0 Å². The van der Waals surface area contributed by atoms with Crippen LogP contribution >= 0.6 is 11.6 Å². The molecule has 1 atom stereocenters. The summed E-state index contributed by atoms with van der Waals surface area (Å²) in [5, 5.41) is 14.0. The summed E-state index contributed by atoms with van der Waals surface area (Å²) in [5.41, 5.74) is 5.69. The molecule has 0 radical (unpaired) electrons. The fourth-order valence-corrected chi connectivity index (χ4v) is 1.60. The highest BCUT2D eigenvalue weighted by molar-refractivity contribution is 6.30. The number of carboxylic acids is 1. The van der Waals surface area contributed by atoms with Crippen molar-refractivity contribution in [3.8, 4) is 0 Å². The Kier molecular flexibility index (Phi) is 6.40. The number of rotatable bonds is 6. The standard InChI is InChI=1S/C14H16ClN3O4/c1-8(14(21)22)18-13(20)11(6-16)12(19)17-7-9-2-4-10(15)5-3-9/h2-6,8H,7,16H2,1H3,(H,17,19)(H,18,20)(H,21,22)/b11-6+/t8-/m0/s1. The van der Waals surface area contributed by atoms with Crippen molar-refractivity contribution in [2.24, 2.45) is 5.73 Å². The summed E-state index contributed by atoms with van der Waals surface area (Å²) in [5.74, 6) is -2.77. The Bertz CT molecular complexity index is 599. The SMILES string of the molecule is C[C@H](NC(=O)/C(=C/N)C(=O)NCc1ccc(Cl)cc1)C(=O)O. The normalized spacial score (nSPS) is 12.4. The molecule has 22 heavy (non-hydrogen) atoms. The zero-order valence-corrected chi connectivity index (χ0v) is 12.6. The van der Waals surface area contributed by atoms with Crippen LogP contribution in [0.25, 0.3) is 0 Å². The van der Waals surface area contributed by atoms with Gasteiger partial charge in [-0.3, -0.25) is 14.4 Å². The number of halogens is 1. The molecule has 118 valence electrons. The molecule has 0 saturated heterocycles. The lowest BCUT2D eigenvalue weighted by Crippen LogP contribution is -2.42. The number of carboxylic acid groups (broad SMARTS) is 1. The maximum atomic E-state index is 11.9. The minimum Gasteiger partial charge on any atom is -0.480 e. The van der Waals surface area contributed by atoms with Crippen LogP contribution in [0, 0.1) is 0 Å². The maximum absolute atomic E-state index is 11.9. The van der Waals surface area contributed by atoms with Crippen molar-refractivity contribution in [2.45, 2.75) is 19.5 Å². The summed E-state index contributed by atoms with van der Waals surface area (Å²) in [6.45, 7) is 1.45. The Morgan fingerprint density at radius 1 is 1.27 bits per heavy atom. The zero-order valence-electron chi connectivity index (χ0n) is 11.8. The van der Waals surface area contributed by atoms with E-state index in [2.05, 4.69) is 10.6 Å². The second-order valence-corrected chi connectivity index (χ2v) is 4.86. The molecule has 0 saturated carbocycles. The number of hydrogen-bond donors (Lipinski definition) is 4. The first-order valence-corrected chi connectivity index (χ1v) is 6.71. The van der Waals surface area contributed by atoms with Crippen LogP contribution in [0.4, 0.5) is 0 Å². The van der Waals surface area contributed by atoms with E-state index in [0.29, 0.717) is 5.02 Å². The fraction of sp³-hybridized carbons (Fsp3) is 0.214. The summed E-state index contributed by atoms with van der Waals surface area (Å²) in [6, 6.07) is 5.65. The van der Waals surface area contributed by atoms with E-state index in [1.54, 1.807) is 24.3 Å². The Labute approximate surface area is 132 Å². The average Bonchev–Trinajstić information content (AvgIpc) is 2.47. The minimum absolute atomic E-state index is 0.176. The predicted molar refractivity (Wildman–Crippen MR) is 80.8 cm³/mol. The maximum Gasteiger partial charge on any atom is 0.325 e. The molecule has 0 spiro atoms. The topological polar surface area (TPSA) is 122 Å². The van der Waals surface area contributed by atoms with Crippen LogP contribution in [-0.4, -0.2) is 28.9 Å². The highest BCUT2D eigenvalue weighted by Gasteiger charge is 2.21. The lowest BCUT2D eigenvalue weighted by molar-refractivity contribution is -0.141. The van der Waals surface area contributed by atoms with Crippen LogP contribution in [0.1, 0.15) is 12.5 Å². The molecule has 2 amide bonds. The Morgan fingerprint density at radius 2 is 1.86 bits per heavy atom. The van der Waals surface area contributed by atoms with Crippen molar-refractivity contribution in [1.29, 1.82) is 0 Å². The summed E-state index contributed by atoms with van der Waals surface area (Å²) in [6.07, 6.45) is 0.834. The third-order valence-corrected chi connectivity index (χ3v) is 2.99. The molecule has 7 nitrogen and oxygen atoms in total. The van der Waals surface area contributed by atoms with Crippen molar-refractivity contribution in [3.05, 3.63) is 46.6 Å². The molecule has 8 heteroatoms. The van der Waals surface area contributed by atoms with Gasteiger partial charge in [0.2, 0.25) is 0 Å². The monoisotopic (exact) mass is 325 g/mol. The summed E-state index contributed by atoms with van der Waals surface area (Å²) in [4.78, 5) is 34.4. The first-order valence-electron chi connectivity index (χ1n) is 6.33. The highest BCUT2D eigenvalue weighted by Crippen LogP contribution is 2.09. The van der Waals surface area contributed by atoms with Gasteiger partial charge in [0.1, 0.15) is 11.6 Å². The van der Waals surface area contributed by atoms with Gasteiger partial charge in [-0.25, -0.2) is 0 Å². The van der Waals surface area contributed by atoms with Crippen LogP contribution in [0.15, 0.2) is 36.0 Å². The molecule has 0 aromatic heterocycles. The number of amides is 2. The molecule has 0 bridgehead atoms. The molecule has 5 N–H and O–H groups in total. The second kappa shape index (κ2) is 8.04.